The van der Waals surface area contributed by atoms with Crippen molar-refractivity contribution in [3.63, 3.8) is 0 Å². The molecule has 0 saturated carbocycles. The third-order valence-electron chi connectivity index (χ3n) is 10.8. The van der Waals surface area contributed by atoms with Crippen LogP contribution in [0.5, 0.6) is 23.0 Å². The Bertz CT molecular complexity index is 3440. The molecule has 0 bridgehead atoms. The first-order valence-electron chi connectivity index (χ1n) is 27.2. The van der Waals surface area contributed by atoms with Gasteiger partial charge in [0.25, 0.3) is 0 Å². The monoisotopic (exact) mass is 1590 g/mol. The molecule has 4 aromatic heterocycles. The van der Waals surface area contributed by atoms with Gasteiger partial charge in [-0.25, -0.2) is 28.1 Å². The molecule has 4 aromatic carbocycles. The Labute approximate surface area is 575 Å². The number of aromatic nitrogens is 12. The van der Waals surface area contributed by atoms with Crippen LogP contribution in [0.2, 0.25) is 0 Å². The minimum Gasteiger partial charge on any atom is -0.508 e. The Morgan fingerprint density at radius 1 is 0.602 bits per heavy atom. The number of ether oxygens (including phenoxy) is 4. The zero-order valence-corrected chi connectivity index (χ0v) is 59.2. The van der Waals surface area contributed by atoms with Crippen molar-refractivity contribution in [1.82, 2.24) is 59.3 Å². The van der Waals surface area contributed by atoms with Gasteiger partial charge in [-0.05, 0) is 172 Å². The van der Waals surface area contributed by atoms with E-state index in [4.69, 9.17) is 52.7 Å². The van der Waals surface area contributed by atoms with Crippen molar-refractivity contribution >= 4 is 71.9 Å². The topological polar surface area (TPSA) is 301 Å². The summed E-state index contributed by atoms with van der Waals surface area (Å²) in [6.07, 6.45) is 9.06. The summed E-state index contributed by atoms with van der Waals surface area (Å²) >= 11 is 6.22. The van der Waals surface area contributed by atoms with E-state index in [1.54, 1.807) is 136 Å². The van der Waals surface area contributed by atoms with Gasteiger partial charge in [-0.3, -0.25) is 23.6 Å². The van der Waals surface area contributed by atoms with E-state index in [1.807, 2.05) is 45.4 Å². The van der Waals surface area contributed by atoms with Crippen molar-refractivity contribution in [3.8, 4) is 57.0 Å². The van der Waals surface area contributed by atoms with Crippen LogP contribution in [0.3, 0.4) is 0 Å². The average Bonchev–Trinajstić information content (AvgIpc) is 2.08. The summed E-state index contributed by atoms with van der Waals surface area (Å²) in [6.45, 7) is 11.2. The predicted octanol–water partition coefficient (Wildman–Crippen LogP) is 8.59. The molecular formula is C61H81B3Br2F3N13O10W-2. The molecule has 0 fully saturated rings. The molecule has 6 N–H and O–H groups in total. The second-order valence-corrected chi connectivity index (χ2v) is 22.1. The van der Waals surface area contributed by atoms with Crippen LogP contribution in [0.1, 0.15) is 67.2 Å². The van der Waals surface area contributed by atoms with Crippen LogP contribution in [0, 0.1) is 7.43 Å². The van der Waals surface area contributed by atoms with E-state index in [0.717, 1.165) is 22.4 Å². The van der Waals surface area contributed by atoms with Crippen molar-refractivity contribution in [3.05, 3.63) is 170 Å². The van der Waals surface area contributed by atoms with Gasteiger partial charge in [-0.2, -0.15) is 32.9 Å². The van der Waals surface area contributed by atoms with Crippen molar-refractivity contribution < 1.29 is 83.0 Å². The van der Waals surface area contributed by atoms with Gasteiger partial charge in [-0.15, -0.1) is 5.10 Å². The Hall–Kier alpha value is -7.69. The number of carbonyl (C=O) groups excluding carboxylic acids is 2. The molecule has 0 unspecified atom stereocenters. The van der Waals surface area contributed by atoms with E-state index < -0.39 is 18.3 Å². The summed E-state index contributed by atoms with van der Waals surface area (Å²) in [5.41, 5.74) is 9.56. The van der Waals surface area contributed by atoms with Crippen LogP contribution in [0.25, 0.3) is 34.0 Å². The first kappa shape index (κ1) is 85.3. The number of carbonyl (C=O) groups is 2. The van der Waals surface area contributed by atoms with Gasteiger partial charge < -0.3 is 52.4 Å². The normalized spacial score (nSPS) is 10.9. The average molecular weight is 1590 g/mol. The third kappa shape index (κ3) is 37.0. The number of hydrogen-bond donors (Lipinski definition) is 5. The van der Waals surface area contributed by atoms with Gasteiger partial charge >= 0.3 is 19.1 Å². The van der Waals surface area contributed by atoms with Gasteiger partial charge in [-0.1, -0.05) is 35.8 Å². The Morgan fingerprint density at radius 2 is 0.989 bits per heavy atom. The molecule has 0 amide bonds. The van der Waals surface area contributed by atoms with Gasteiger partial charge in [0, 0.05) is 96.2 Å². The fraction of sp³-hybridized carbons (Fsp3) is 0.328. The largest absolute Gasteiger partial charge is 0.508 e. The molecule has 0 spiro atoms. The maximum Gasteiger partial charge on any atom is 0.488 e. The summed E-state index contributed by atoms with van der Waals surface area (Å²) < 4.78 is 64.3. The molecule has 0 aliphatic carbocycles. The van der Waals surface area contributed by atoms with Crippen molar-refractivity contribution in [2.24, 2.45) is 33.9 Å². The molecular weight excluding hydrogens is 1510 g/mol. The number of nitrogens with two attached hydrogens (primary N) is 1. The summed E-state index contributed by atoms with van der Waals surface area (Å²) in [7, 11) is 10.7. The number of allylic oxidation sites excluding steroid dienone is 1. The van der Waals surface area contributed by atoms with Gasteiger partial charge in [0.05, 0.1) is 25.2 Å². The number of rotatable bonds is 18. The molecule has 2 radical (unpaired) electrons. The van der Waals surface area contributed by atoms with Crippen LogP contribution in [0.15, 0.2) is 163 Å². The number of alkyl halides is 1. The Morgan fingerprint density at radius 3 is 1.31 bits per heavy atom. The molecule has 32 heteroatoms. The zero-order valence-electron chi connectivity index (χ0n) is 53.1. The number of phenolic OH excluding ortho intramolecular Hbond substituents is 2. The number of phenols is 2. The van der Waals surface area contributed by atoms with Crippen LogP contribution >= 0.6 is 31.9 Å². The zero-order chi connectivity index (χ0) is 68.1. The van der Waals surface area contributed by atoms with E-state index in [0.29, 0.717) is 80.8 Å². The molecule has 8 aromatic rings. The summed E-state index contributed by atoms with van der Waals surface area (Å²) in [5.74, 6) is 2.29. The second-order valence-electron chi connectivity index (χ2n) is 20.8. The van der Waals surface area contributed by atoms with Gasteiger partial charge in [0.15, 0.2) is 11.6 Å². The number of halogens is 5. The van der Waals surface area contributed by atoms with Gasteiger partial charge in [0.1, 0.15) is 72.1 Å². The van der Waals surface area contributed by atoms with Crippen molar-refractivity contribution in [2.45, 2.75) is 78.4 Å². The Balaban J connectivity index is 0.00000113. The van der Waals surface area contributed by atoms with Gasteiger partial charge in [0.2, 0.25) is 4.73 Å². The van der Waals surface area contributed by atoms with E-state index in [2.05, 4.69) is 72.3 Å². The summed E-state index contributed by atoms with van der Waals surface area (Å²) in [4.78, 5) is 36.4. The second kappa shape index (κ2) is 45.6. The molecule has 0 saturated heterocycles. The van der Waals surface area contributed by atoms with Crippen LogP contribution in [-0.2, 0) is 68.3 Å². The first-order chi connectivity index (χ1) is 43.1. The van der Waals surface area contributed by atoms with E-state index in [-0.39, 0.29) is 98.7 Å². The van der Waals surface area contributed by atoms with E-state index in [1.165, 1.54) is 29.1 Å². The molecule has 93 heavy (non-hydrogen) atoms. The number of aryl methyl sites for hydroxylation is 4. The molecule has 0 aliphatic heterocycles. The molecule has 8 rings (SSSR count). The van der Waals surface area contributed by atoms with Crippen LogP contribution in [-0.4, -0.2) is 150 Å². The molecule has 502 valence electrons. The number of esters is 2. The fourth-order valence-corrected chi connectivity index (χ4v) is 7.26. The standard InChI is InChI=1S/C19H24FN3O3.C13H15FN4O.C10H16BrFO2.C9H9N3O.C6H7BO3.C3H4BrN3.CH3.B2H3.W/c1-19(2,3)26-18(24)10-5-14(11-20)13-25-16-8-6-15(7-9-16)17-12-21-23(4)22-17;1-18-9-16-13(17-18)11-2-4-12(5-3-11)19-8-10(6-14)7-15;1-10(2,3)14-9(13)5-4-8(6-11)7-12;1-12-6-10-9(11-12)7-2-4-8(13)5-3-7;8-6-3-1-5(2-4-6)7(9)10;1-7-2-5-3(4)6-7;;1-2;/h6-9,11-12H,5,10,13H2,1-4H3;2-6,9H,7-8,15H2,1H3;7H,4-6H2,1-3H3;2-6,13H,1H3;1-4,8-10H;2H,1H3;1H3;1H3;/q;;;;;;2*-1;/b14-11+;10-6+;8-7+;;;;;;. The Kier molecular flexibility index (Phi) is 41.8. The van der Waals surface area contributed by atoms with Crippen molar-refractivity contribution in [1.29, 1.82) is 0 Å². The smallest absolute Gasteiger partial charge is 0.488 e. The maximum atomic E-state index is 13.0. The quantitative estimate of drug-likeness (QED) is 0.0232. The van der Waals surface area contributed by atoms with Crippen LogP contribution in [0.4, 0.5) is 13.2 Å². The van der Waals surface area contributed by atoms with E-state index >= 15 is 0 Å². The van der Waals surface area contributed by atoms with Crippen molar-refractivity contribution in [2.75, 3.05) is 25.1 Å². The van der Waals surface area contributed by atoms with Crippen LogP contribution < -0.4 is 20.7 Å². The molecule has 23 nitrogen and oxygen atoms in total. The minimum absolute atomic E-state index is 0. The maximum absolute atomic E-state index is 13.0. The minimum atomic E-state index is -1.46. The first-order valence-corrected chi connectivity index (χ1v) is 29.1. The number of hydrogen-bond acceptors (Lipinski definition) is 19. The number of benzene rings is 4. The molecule has 4 heterocycles. The van der Waals surface area contributed by atoms with E-state index in [9.17, 15) is 22.8 Å². The SMILES string of the molecule is CC(C)(C)OC(=O)CC/C(=C\F)CBr.Cn1cnc(-c2ccc(O)cc2)n1.Cn1cnc(-c2ccc(OC/C(=C/F)CN)cc2)n1.Cn1cnc(Br)n1.Cn1ncc(-c2ccc(OC/C(=C/F)CCC(=O)OC(C)(C)C)cc2)n1.OB(O)c1ccc(O)cc1.[B][BH3-].[CH3-].[W]. The summed E-state index contributed by atoms with van der Waals surface area (Å²) in [6, 6.07) is 27.1. The number of nitrogens with zero attached hydrogens (tertiary/aromatic N) is 12. The molecule has 0 aliphatic rings. The third-order valence-corrected chi connectivity index (χ3v) is 11.9. The fourth-order valence-electron chi connectivity index (χ4n) is 6.52. The molecule has 0 atom stereocenters. The summed E-state index contributed by atoms with van der Waals surface area (Å²) in [5, 5.41) is 55.9. The predicted molar refractivity (Wildman–Crippen MR) is 361 cm³/mol. The number of aromatic hydroxyl groups is 2.